The van der Waals surface area contributed by atoms with Crippen molar-refractivity contribution in [2.24, 2.45) is 5.73 Å². The first kappa shape index (κ1) is 17.5. The predicted octanol–water partition coefficient (Wildman–Crippen LogP) is 2.30. The molecule has 2 amide bonds. The summed E-state index contributed by atoms with van der Waals surface area (Å²) in [7, 11) is 0. The Hall–Kier alpha value is -2.86. The van der Waals surface area contributed by atoms with Crippen LogP contribution in [0, 0.1) is 6.92 Å². The van der Waals surface area contributed by atoms with Crippen molar-refractivity contribution in [3.63, 3.8) is 0 Å². The number of ether oxygens (including phenoxy) is 1. The van der Waals surface area contributed by atoms with E-state index in [1.54, 1.807) is 18.2 Å². The van der Waals surface area contributed by atoms with E-state index in [1.165, 1.54) is 0 Å². The molecule has 0 atom stereocenters. The van der Waals surface area contributed by atoms with Crippen molar-refractivity contribution in [2.75, 3.05) is 23.8 Å². The summed E-state index contributed by atoms with van der Waals surface area (Å²) in [5.74, 6) is 0.346. The van der Waals surface area contributed by atoms with Gasteiger partial charge in [-0.15, -0.1) is 0 Å². The fraction of sp³-hybridized carbons (Fsp3) is 0.222. The zero-order valence-electron chi connectivity index (χ0n) is 13.5. The first-order valence-electron chi connectivity index (χ1n) is 7.67. The van der Waals surface area contributed by atoms with E-state index in [-0.39, 0.29) is 24.8 Å². The van der Waals surface area contributed by atoms with Gasteiger partial charge in [0, 0.05) is 11.4 Å². The lowest BCUT2D eigenvalue weighted by Crippen LogP contribution is -2.22. The summed E-state index contributed by atoms with van der Waals surface area (Å²) in [6.45, 7) is 2.09. The number of aryl methyl sites for hydroxylation is 1. The summed E-state index contributed by atoms with van der Waals surface area (Å²) >= 11 is 0. The maximum atomic E-state index is 12.0. The zero-order valence-corrected chi connectivity index (χ0v) is 13.5. The number of para-hydroxylation sites is 1. The molecule has 6 heteroatoms. The molecule has 0 radical (unpaired) electrons. The van der Waals surface area contributed by atoms with Crippen LogP contribution in [0.5, 0.6) is 5.75 Å². The second kappa shape index (κ2) is 8.69. The molecule has 2 rings (SSSR count). The number of carbonyl (C=O) groups is 2. The lowest BCUT2D eigenvalue weighted by atomic mass is 10.1. The van der Waals surface area contributed by atoms with Gasteiger partial charge in [0.05, 0.1) is 19.6 Å². The van der Waals surface area contributed by atoms with Gasteiger partial charge in [0.15, 0.2) is 0 Å². The minimum Gasteiger partial charge on any atom is -0.493 e. The molecule has 0 aliphatic carbocycles. The van der Waals surface area contributed by atoms with Crippen LogP contribution < -0.4 is 21.1 Å². The Bertz CT molecular complexity index is 702. The SMILES string of the molecule is Cc1cc(NC(=O)CN)ccc1NC(=O)CCOc1ccccc1. The highest BCUT2D eigenvalue weighted by Crippen LogP contribution is 2.20. The van der Waals surface area contributed by atoms with Crippen molar-refractivity contribution in [3.05, 3.63) is 54.1 Å². The summed E-state index contributed by atoms with van der Waals surface area (Å²) in [6, 6.07) is 14.6. The molecule has 2 aromatic carbocycles. The second-order valence-corrected chi connectivity index (χ2v) is 5.24. The van der Waals surface area contributed by atoms with Crippen molar-refractivity contribution >= 4 is 23.2 Å². The molecule has 4 N–H and O–H groups in total. The van der Waals surface area contributed by atoms with Crippen molar-refractivity contribution in [2.45, 2.75) is 13.3 Å². The average molecular weight is 327 g/mol. The number of hydrogen-bond acceptors (Lipinski definition) is 4. The predicted molar refractivity (Wildman–Crippen MR) is 94.0 cm³/mol. The highest BCUT2D eigenvalue weighted by Gasteiger charge is 2.07. The smallest absolute Gasteiger partial charge is 0.238 e. The third kappa shape index (κ3) is 5.40. The topological polar surface area (TPSA) is 93.5 Å². The Morgan fingerprint density at radius 1 is 1.04 bits per heavy atom. The molecule has 0 spiro atoms. The number of anilines is 2. The van der Waals surface area contributed by atoms with Crippen LogP contribution in [0.15, 0.2) is 48.5 Å². The van der Waals surface area contributed by atoms with Crippen LogP contribution in [0.4, 0.5) is 11.4 Å². The summed E-state index contributed by atoms with van der Waals surface area (Å²) in [6.07, 6.45) is 0.250. The molecule has 126 valence electrons. The number of benzene rings is 2. The second-order valence-electron chi connectivity index (χ2n) is 5.24. The van der Waals surface area contributed by atoms with Crippen LogP contribution in [0.1, 0.15) is 12.0 Å². The van der Waals surface area contributed by atoms with Crippen LogP contribution in [0.2, 0.25) is 0 Å². The van der Waals surface area contributed by atoms with E-state index in [9.17, 15) is 9.59 Å². The number of nitrogens with one attached hydrogen (secondary N) is 2. The lowest BCUT2D eigenvalue weighted by molar-refractivity contribution is -0.117. The minimum atomic E-state index is -0.260. The molecular formula is C18H21N3O3. The number of carbonyl (C=O) groups excluding carboxylic acids is 2. The van der Waals surface area contributed by atoms with Crippen molar-refractivity contribution in [3.8, 4) is 5.75 Å². The Labute approximate surface area is 141 Å². The van der Waals surface area contributed by atoms with Crippen LogP contribution in [0.25, 0.3) is 0 Å². The number of rotatable bonds is 7. The summed E-state index contributed by atoms with van der Waals surface area (Å²) in [5, 5.41) is 5.50. The van der Waals surface area contributed by atoms with Gasteiger partial charge in [-0.3, -0.25) is 9.59 Å². The molecule has 0 fully saturated rings. The number of hydrogen-bond donors (Lipinski definition) is 3. The van der Waals surface area contributed by atoms with Crippen LogP contribution in [-0.4, -0.2) is 25.0 Å². The molecule has 0 aliphatic rings. The maximum absolute atomic E-state index is 12.0. The highest BCUT2D eigenvalue weighted by molar-refractivity contribution is 5.94. The van der Waals surface area contributed by atoms with E-state index >= 15 is 0 Å². The van der Waals surface area contributed by atoms with Crippen molar-refractivity contribution < 1.29 is 14.3 Å². The lowest BCUT2D eigenvalue weighted by Gasteiger charge is -2.11. The van der Waals surface area contributed by atoms with E-state index in [0.29, 0.717) is 18.0 Å². The van der Waals surface area contributed by atoms with E-state index < -0.39 is 0 Å². The van der Waals surface area contributed by atoms with Gasteiger partial charge in [-0.05, 0) is 42.8 Å². The molecular weight excluding hydrogens is 306 g/mol. The Balaban J connectivity index is 1.84. The molecule has 2 aromatic rings. The Kier molecular flexibility index (Phi) is 6.33. The van der Waals surface area contributed by atoms with Crippen LogP contribution >= 0.6 is 0 Å². The van der Waals surface area contributed by atoms with E-state index in [2.05, 4.69) is 10.6 Å². The monoisotopic (exact) mass is 327 g/mol. The third-order valence-electron chi connectivity index (χ3n) is 3.31. The van der Waals surface area contributed by atoms with Gasteiger partial charge < -0.3 is 21.1 Å². The maximum Gasteiger partial charge on any atom is 0.238 e. The standard InChI is InChI=1S/C18H21N3O3/c1-13-11-14(20-18(23)12-19)7-8-16(13)21-17(22)9-10-24-15-5-3-2-4-6-15/h2-8,11H,9-10,12,19H2,1H3,(H,20,23)(H,21,22). The Morgan fingerprint density at radius 2 is 1.79 bits per heavy atom. The average Bonchev–Trinajstić information content (AvgIpc) is 2.58. The van der Waals surface area contributed by atoms with E-state index in [0.717, 1.165) is 11.3 Å². The molecule has 0 saturated carbocycles. The molecule has 0 saturated heterocycles. The first-order chi connectivity index (χ1) is 11.6. The Morgan fingerprint density at radius 3 is 2.46 bits per heavy atom. The van der Waals surface area contributed by atoms with Crippen molar-refractivity contribution in [1.29, 1.82) is 0 Å². The zero-order chi connectivity index (χ0) is 17.4. The fourth-order valence-electron chi connectivity index (χ4n) is 2.08. The molecule has 0 aromatic heterocycles. The summed E-state index contributed by atoms with van der Waals surface area (Å²) in [4.78, 5) is 23.3. The normalized spacial score (nSPS) is 10.1. The summed E-state index contributed by atoms with van der Waals surface area (Å²) in [5.41, 5.74) is 7.46. The van der Waals surface area contributed by atoms with Crippen LogP contribution in [-0.2, 0) is 9.59 Å². The third-order valence-corrected chi connectivity index (χ3v) is 3.31. The molecule has 0 unspecified atom stereocenters. The highest BCUT2D eigenvalue weighted by atomic mass is 16.5. The molecule has 0 aliphatic heterocycles. The quantitative estimate of drug-likeness (QED) is 0.727. The first-order valence-corrected chi connectivity index (χ1v) is 7.67. The number of nitrogens with two attached hydrogens (primary N) is 1. The van der Waals surface area contributed by atoms with Crippen LogP contribution in [0.3, 0.4) is 0 Å². The van der Waals surface area contributed by atoms with Gasteiger partial charge in [0.25, 0.3) is 0 Å². The molecule has 0 bridgehead atoms. The van der Waals surface area contributed by atoms with Gasteiger partial charge in [0.2, 0.25) is 11.8 Å². The van der Waals surface area contributed by atoms with Gasteiger partial charge in [-0.1, -0.05) is 18.2 Å². The minimum absolute atomic E-state index is 0.0705. The molecule has 24 heavy (non-hydrogen) atoms. The molecule has 0 heterocycles. The summed E-state index contributed by atoms with van der Waals surface area (Å²) < 4.78 is 5.50. The molecule has 6 nitrogen and oxygen atoms in total. The fourth-order valence-corrected chi connectivity index (χ4v) is 2.08. The van der Waals surface area contributed by atoms with Gasteiger partial charge in [-0.2, -0.15) is 0 Å². The van der Waals surface area contributed by atoms with Gasteiger partial charge in [0.1, 0.15) is 5.75 Å². The van der Waals surface area contributed by atoms with Gasteiger partial charge >= 0.3 is 0 Å². The largest absolute Gasteiger partial charge is 0.493 e. The van der Waals surface area contributed by atoms with E-state index in [4.69, 9.17) is 10.5 Å². The van der Waals surface area contributed by atoms with E-state index in [1.807, 2.05) is 37.3 Å². The number of amides is 2. The van der Waals surface area contributed by atoms with Gasteiger partial charge in [-0.25, -0.2) is 0 Å². The van der Waals surface area contributed by atoms with Crippen molar-refractivity contribution in [1.82, 2.24) is 0 Å².